The Labute approximate surface area is 58.5 Å². The number of nitrogens with one attached hydrogen (secondary N) is 1. The first kappa shape index (κ1) is 5.46. The van der Waals surface area contributed by atoms with Gasteiger partial charge in [0.1, 0.15) is 18.3 Å². The zero-order valence-electron chi connectivity index (χ0n) is 5.36. The summed E-state index contributed by atoms with van der Waals surface area (Å²) in [6, 6.07) is 0. The van der Waals surface area contributed by atoms with Gasteiger partial charge in [-0.05, 0) is 6.20 Å². The molecule has 2 heterocycles. The first-order chi connectivity index (χ1) is 4.88. The SMILES string of the molecule is NC1=NC=NC2NC=CC12. The van der Waals surface area contributed by atoms with Gasteiger partial charge in [-0.1, -0.05) is 6.08 Å². The average molecular weight is 136 g/mol. The number of aliphatic imine (C=N–C) groups is 2. The first-order valence-corrected chi connectivity index (χ1v) is 3.15. The minimum atomic E-state index is 0.0949. The Balaban J connectivity index is 2.30. The van der Waals surface area contributed by atoms with Crippen molar-refractivity contribution >= 4 is 12.2 Å². The lowest BCUT2D eigenvalue weighted by Gasteiger charge is -2.17. The summed E-state index contributed by atoms with van der Waals surface area (Å²) in [5.41, 5.74) is 5.59. The van der Waals surface area contributed by atoms with Crippen LogP contribution in [0.15, 0.2) is 22.3 Å². The van der Waals surface area contributed by atoms with E-state index in [0.29, 0.717) is 5.84 Å². The van der Waals surface area contributed by atoms with Crippen molar-refractivity contribution in [3.05, 3.63) is 12.3 Å². The maximum atomic E-state index is 5.59. The molecule has 10 heavy (non-hydrogen) atoms. The molecule has 0 saturated carbocycles. The van der Waals surface area contributed by atoms with Gasteiger partial charge in [0.25, 0.3) is 0 Å². The fourth-order valence-corrected chi connectivity index (χ4v) is 1.12. The fourth-order valence-electron chi connectivity index (χ4n) is 1.12. The molecule has 0 fully saturated rings. The van der Waals surface area contributed by atoms with Crippen molar-refractivity contribution in [2.75, 3.05) is 0 Å². The predicted octanol–water partition coefficient (Wildman–Crippen LogP) is -0.555. The molecule has 0 bridgehead atoms. The first-order valence-electron chi connectivity index (χ1n) is 3.15. The molecular weight excluding hydrogens is 128 g/mol. The number of hydrogen-bond donors (Lipinski definition) is 2. The van der Waals surface area contributed by atoms with Crippen LogP contribution in [0.2, 0.25) is 0 Å². The molecule has 0 aromatic carbocycles. The molecule has 2 atom stereocenters. The molecule has 0 spiro atoms. The van der Waals surface area contributed by atoms with Gasteiger partial charge in [-0.2, -0.15) is 0 Å². The number of amidine groups is 1. The van der Waals surface area contributed by atoms with Crippen LogP contribution in [-0.4, -0.2) is 18.3 Å². The molecule has 3 N–H and O–H groups in total. The predicted molar refractivity (Wildman–Crippen MR) is 39.7 cm³/mol. The van der Waals surface area contributed by atoms with Gasteiger partial charge >= 0.3 is 0 Å². The Morgan fingerprint density at radius 3 is 3.30 bits per heavy atom. The van der Waals surface area contributed by atoms with Crippen molar-refractivity contribution in [2.24, 2.45) is 21.6 Å². The van der Waals surface area contributed by atoms with Crippen molar-refractivity contribution < 1.29 is 0 Å². The Hall–Kier alpha value is -1.32. The second kappa shape index (κ2) is 1.83. The van der Waals surface area contributed by atoms with Crippen LogP contribution in [0.5, 0.6) is 0 Å². The summed E-state index contributed by atoms with van der Waals surface area (Å²) in [4.78, 5) is 7.96. The van der Waals surface area contributed by atoms with E-state index in [1.165, 1.54) is 6.34 Å². The van der Waals surface area contributed by atoms with E-state index in [-0.39, 0.29) is 12.1 Å². The Bertz CT molecular complexity index is 228. The maximum Gasteiger partial charge on any atom is 0.133 e. The van der Waals surface area contributed by atoms with Crippen LogP contribution in [0, 0.1) is 5.92 Å². The molecule has 0 aliphatic carbocycles. The molecule has 52 valence electrons. The van der Waals surface area contributed by atoms with Crippen molar-refractivity contribution in [3.63, 3.8) is 0 Å². The van der Waals surface area contributed by atoms with E-state index in [9.17, 15) is 0 Å². The van der Waals surface area contributed by atoms with Crippen LogP contribution in [0.1, 0.15) is 0 Å². The molecule has 2 aliphatic heterocycles. The van der Waals surface area contributed by atoms with Gasteiger partial charge in [0.2, 0.25) is 0 Å². The van der Waals surface area contributed by atoms with Gasteiger partial charge in [-0.25, -0.2) is 9.98 Å². The van der Waals surface area contributed by atoms with E-state index in [4.69, 9.17) is 5.73 Å². The lowest BCUT2D eigenvalue weighted by atomic mass is 10.1. The van der Waals surface area contributed by atoms with Crippen LogP contribution in [-0.2, 0) is 0 Å². The highest BCUT2D eigenvalue weighted by atomic mass is 15.1. The molecule has 2 unspecified atom stereocenters. The topological polar surface area (TPSA) is 62.8 Å². The van der Waals surface area contributed by atoms with Gasteiger partial charge in [0, 0.05) is 0 Å². The summed E-state index contributed by atoms with van der Waals surface area (Å²) in [6.45, 7) is 0. The van der Waals surface area contributed by atoms with Gasteiger partial charge in [-0.3, -0.25) is 0 Å². The van der Waals surface area contributed by atoms with E-state index in [2.05, 4.69) is 15.3 Å². The van der Waals surface area contributed by atoms with Crippen LogP contribution >= 0.6 is 0 Å². The molecule has 0 saturated heterocycles. The lowest BCUT2D eigenvalue weighted by molar-refractivity contribution is 0.588. The number of hydrogen-bond acceptors (Lipinski definition) is 4. The van der Waals surface area contributed by atoms with Crippen LogP contribution < -0.4 is 11.1 Å². The number of rotatable bonds is 0. The minimum absolute atomic E-state index is 0.0949. The molecule has 0 amide bonds. The van der Waals surface area contributed by atoms with Gasteiger partial charge in [0.05, 0.1) is 5.92 Å². The summed E-state index contributed by atoms with van der Waals surface area (Å²) < 4.78 is 0. The molecule has 0 aromatic heterocycles. The maximum absolute atomic E-state index is 5.59. The van der Waals surface area contributed by atoms with Crippen molar-refractivity contribution in [2.45, 2.75) is 6.17 Å². The third-order valence-corrected chi connectivity index (χ3v) is 1.69. The Morgan fingerprint density at radius 2 is 2.50 bits per heavy atom. The summed E-state index contributed by atoms with van der Waals surface area (Å²) in [6.07, 6.45) is 5.43. The summed E-state index contributed by atoms with van der Waals surface area (Å²) in [5.74, 6) is 0.811. The molecular formula is C6H8N4. The van der Waals surface area contributed by atoms with E-state index in [0.717, 1.165) is 0 Å². The Kier molecular flexibility index (Phi) is 1.00. The van der Waals surface area contributed by atoms with Crippen LogP contribution in [0.25, 0.3) is 0 Å². The monoisotopic (exact) mass is 136 g/mol. The average Bonchev–Trinajstić information content (AvgIpc) is 2.36. The second-order valence-corrected chi connectivity index (χ2v) is 2.31. The minimum Gasteiger partial charge on any atom is -0.386 e. The molecule has 4 nitrogen and oxygen atoms in total. The van der Waals surface area contributed by atoms with E-state index in [1.807, 2.05) is 12.3 Å². The highest BCUT2D eigenvalue weighted by Crippen LogP contribution is 2.15. The number of fused-ring (bicyclic) bond motifs is 1. The molecule has 2 aliphatic rings. The van der Waals surface area contributed by atoms with E-state index < -0.39 is 0 Å². The highest BCUT2D eigenvalue weighted by Gasteiger charge is 2.26. The lowest BCUT2D eigenvalue weighted by Crippen LogP contribution is -2.36. The summed E-state index contributed by atoms with van der Waals surface area (Å²) in [5, 5.41) is 3.05. The van der Waals surface area contributed by atoms with Gasteiger partial charge in [-0.15, -0.1) is 0 Å². The van der Waals surface area contributed by atoms with Crippen molar-refractivity contribution in [3.8, 4) is 0 Å². The van der Waals surface area contributed by atoms with E-state index in [1.54, 1.807) is 0 Å². The highest BCUT2D eigenvalue weighted by molar-refractivity contribution is 5.93. The quantitative estimate of drug-likeness (QED) is 0.469. The second-order valence-electron chi connectivity index (χ2n) is 2.31. The summed E-state index contributed by atoms with van der Waals surface area (Å²) >= 11 is 0. The third-order valence-electron chi connectivity index (χ3n) is 1.69. The standard InChI is InChI=1S/C6H8N4/c7-5-4-1-2-8-6(4)10-3-9-5/h1-4,6,8H,(H2,7,9,10). The van der Waals surface area contributed by atoms with Crippen molar-refractivity contribution in [1.82, 2.24) is 5.32 Å². The summed E-state index contributed by atoms with van der Waals surface area (Å²) in [7, 11) is 0. The zero-order valence-corrected chi connectivity index (χ0v) is 5.36. The van der Waals surface area contributed by atoms with Crippen LogP contribution in [0.4, 0.5) is 0 Å². The molecule has 4 heteroatoms. The number of nitrogens with two attached hydrogens (primary N) is 1. The van der Waals surface area contributed by atoms with Gasteiger partial charge in [0.15, 0.2) is 0 Å². The van der Waals surface area contributed by atoms with Gasteiger partial charge < -0.3 is 11.1 Å². The Morgan fingerprint density at radius 1 is 1.60 bits per heavy atom. The zero-order chi connectivity index (χ0) is 6.97. The fraction of sp³-hybridized carbons (Fsp3) is 0.333. The largest absolute Gasteiger partial charge is 0.386 e. The van der Waals surface area contributed by atoms with E-state index >= 15 is 0 Å². The molecule has 0 aromatic rings. The normalized spacial score (nSPS) is 35.0. The smallest absolute Gasteiger partial charge is 0.133 e. The van der Waals surface area contributed by atoms with Crippen molar-refractivity contribution in [1.29, 1.82) is 0 Å². The van der Waals surface area contributed by atoms with Crippen LogP contribution in [0.3, 0.4) is 0 Å². The molecule has 0 radical (unpaired) electrons. The third kappa shape index (κ3) is 0.618. The molecule has 2 rings (SSSR count). The number of nitrogens with zero attached hydrogens (tertiary/aromatic N) is 2.